The molecule has 0 radical (unpaired) electrons. The van der Waals surface area contributed by atoms with Crippen LogP contribution in [0.25, 0.3) is 0 Å². The molecule has 0 aliphatic heterocycles. The van der Waals surface area contributed by atoms with Crippen molar-refractivity contribution in [1.29, 1.82) is 5.26 Å². The van der Waals surface area contributed by atoms with E-state index in [2.05, 4.69) is 6.07 Å². The minimum absolute atomic E-state index is 0.287. The summed E-state index contributed by atoms with van der Waals surface area (Å²) in [7, 11) is 0. The fourth-order valence-corrected chi connectivity index (χ4v) is 2.41. The Morgan fingerprint density at radius 1 is 1.21 bits per heavy atom. The van der Waals surface area contributed by atoms with Crippen LogP contribution in [-0.4, -0.2) is 0 Å². The van der Waals surface area contributed by atoms with Crippen molar-refractivity contribution >= 4 is 11.6 Å². The summed E-state index contributed by atoms with van der Waals surface area (Å²) in [6.07, 6.45) is 0.462. The van der Waals surface area contributed by atoms with E-state index in [-0.39, 0.29) is 5.56 Å². The molecule has 19 heavy (non-hydrogen) atoms. The van der Waals surface area contributed by atoms with Crippen molar-refractivity contribution in [3.63, 3.8) is 0 Å². The summed E-state index contributed by atoms with van der Waals surface area (Å²) in [6.45, 7) is 1.98. The molecule has 2 rings (SSSR count). The van der Waals surface area contributed by atoms with Gasteiger partial charge in [0.15, 0.2) is 0 Å². The first-order valence-electron chi connectivity index (χ1n) is 6.01. The first-order valence-corrected chi connectivity index (χ1v) is 6.39. The van der Waals surface area contributed by atoms with E-state index in [0.717, 1.165) is 11.1 Å². The Hall–Kier alpha value is -1.85. The quantitative estimate of drug-likeness (QED) is 0.799. The van der Waals surface area contributed by atoms with Crippen LogP contribution in [0.2, 0.25) is 5.02 Å². The Balaban J connectivity index is 2.37. The fraction of sp³-hybridized carbons (Fsp3) is 0.188. The van der Waals surface area contributed by atoms with Crippen molar-refractivity contribution < 1.29 is 4.39 Å². The largest absolute Gasteiger partial charge is 0.207 e. The zero-order valence-corrected chi connectivity index (χ0v) is 11.3. The summed E-state index contributed by atoms with van der Waals surface area (Å²) in [4.78, 5) is 0. The Kier molecular flexibility index (Phi) is 4.19. The van der Waals surface area contributed by atoms with E-state index in [1.807, 2.05) is 31.2 Å². The summed E-state index contributed by atoms with van der Waals surface area (Å²) < 4.78 is 13.9. The Morgan fingerprint density at radius 3 is 2.58 bits per heavy atom. The van der Waals surface area contributed by atoms with Crippen molar-refractivity contribution in [3.8, 4) is 6.07 Å². The number of nitrogens with zero attached hydrogens (tertiary/aromatic N) is 1. The topological polar surface area (TPSA) is 23.8 Å². The number of aryl methyl sites for hydroxylation is 1. The molecule has 96 valence electrons. The van der Waals surface area contributed by atoms with Gasteiger partial charge in [-0.1, -0.05) is 41.9 Å². The van der Waals surface area contributed by atoms with Crippen molar-refractivity contribution in [3.05, 3.63) is 70.0 Å². The molecule has 0 N–H and O–H groups in total. The molecule has 1 nitrogen and oxygen atoms in total. The maximum atomic E-state index is 13.9. The van der Waals surface area contributed by atoms with Crippen LogP contribution in [0.4, 0.5) is 4.39 Å². The highest BCUT2D eigenvalue weighted by Crippen LogP contribution is 2.30. The van der Waals surface area contributed by atoms with Crippen LogP contribution in [0.5, 0.6) is 0 Å². The van der Waals surface area contributed by atoms with E-state index in [1.165, 1.54) is 6.07 Å². The normalized spacial score (nSPS) is 11.9. The molecule has 0 spiro atoms. The number of rotatable bonds is 3. The molecule has 0 aliphatic rings. The number of halogens is 2. The zero-order chi connectivity index (χ0) is 13.8. The highest BCUT2D eigenvalue weighted by molar-refractivity contribution is 6.31. The summed E-state index contributed by atoms with van der Waals surface area (Å²) in [6, 6.07) is 14.4. The van der Waals surface area contributed by atoms with Crippen molar-refractivity contribution in [2.75, 3.05) is 0 Å². The second-order valence-electron chi connectivity index (χ2n) is 4.45. The molecule has 0 bridgehead atoms. The van der Waals surface area contributed by atoms with Crippen LogP contribution < -0.4 is 0 Å². The van der Waals surface area contributed by atoms with Gasteiger partial charge >= 0.3 is 0 Å². The van der Waals surface area contributed by atoms with Crippen LogP contribution in [0.3, 0.4) is 0 Å². The van der Waals surface area contributed by atoms with Gasteiger partial charge in [-0.2, -0.15) is 5.26 Å². The van der Waals surface area contributed by atoms with E-state index in [9.17, 15) is 9.65 Å². The van der Waals surface area contributed by atoms with Crippen molar-refractivity contribution in [2.45, 2.75) is 19.3 Å². The first kappa shape index (κ1) is 13.6. The molecule has 0 amide bonds. The third-order valence-electron chi connectivity index (χ3n) is 3.19. The van der Waals surface area contributed by atoms with Gasteiger partial charge < -0.3 is 0 Å². The fourth-order valence-electron chi connectivity index (χ4n) is 2.11. The van der Waals surface area contributed by atoms with Gasteiger partial charge in [0.25, 0.3) is 0 Å². The predicted molar refractivity (Wildman–Crippen MR) is 74.6 cm³/mol. The van der Waals surface area contributed by atoms with Gasteiger partial charge in [-0.05, 0) is 36.6 Å². The summed E-state index contributed by atoms with van der Waals surface area (Å²) in [5.74, 6) is -0.998. The molecule has 1 atom stereocenters. The highest BCUT2D eigenvalue weighted by atomic mass is 35.5. The van der Waals surface area contributed by atoms with Crippen LogP contribution in [0.1, 0.15) is 22.6 Å². The summed E-state index contributed by atoms with van der Waals surface area (Å²) in [5.41, 5.74) is 2.42. The predicted octanol–water partition coefficient (Wildman–Crippen LogP) is 4.64. The van der Waals surface area contributed by atoms with Gasteiger partial charge in [0.2, 0.25) is 0 Å². The Labute approximate surface area is 117 Å². The van der Waals surface area contributed by atoms with E-state index >= 15 is 0 Å². The SMILES string of the molecule is Cc1ccccc1CC(C#N)c1c(F)cccc1Cl. The highest BCUT2D eigenvalue weighted by Gasteiger charge is 2.19. The molecule has 0 saturated carbocycles. The zero-order valence-electron chi connectivity index (χ0n) is 10.5. The van der Waals surface area contributed by atoms with Gasteiger partial charge in [0.05, 0.1) is 12.0 Å². The average molecular weight is 274 g/mol. The number of nitriles is 1. The minimum atomic E-state index is -0.574. The van der Waals surface area contributed by atoms with Gasteiger partial charge in [-0.15, -0.1) is 0 Å². The average Bonchev–Trinajstić information content (AvgIpc) is 2.39. The van der Waals surface area contributed by atoms with Crippen LogP contribution in [-0.2, 0) is 6.42 Å². The van der Waals surface area contributed by atoms with Crippen molar-refractivity contribution in [1.82, 2.24) is 0 Å². The van der Waals surface area contributed by atoms with Gasteiger partial charge in [0.1, 0.15) is 5.82 Å². The monoisotopic (exact) mass is 273 g/mol. The number of hydrogen-bond acceptors (Lipinski definition) is 1. The lowest BCUT2D eigenvalue weighted by Crippen LogP contribution is -2.05. The number of benzene rings is 2. The molecule has 3 heteroatoms. The summed E-state index contributed by atoms with van der Waals surface area (Å²) in [5, 5.41) is 9.61. The summed E-state index contributed by atoms with van der Waals surface area (Å²) >= 11 is 6.02. The van der Waals surface area contributed by atoms with Gasteiger partial charge in [0, 0.05) is 10.6 Å². The van der Waals surface area contributed by atoms with E-state index < -0.39 is 11.7 Å². The molecule has 0 saturated heterocycles. The maximum absolute atomic E-state index is 13.9. The first-order chi connectivity index (χ1) is 9.13. The number of hydrogen-bond donors (Lipinski definition) is 0. The van der Waals surface area contributed by atoms with Crippen LogP contribution in [0, 0.1) is 24.1 Å². The molecule has 0 aliphatic carbocycles. The second kappa shape index (κ2) is 5.86. The second-order valence-corrected chi connectivity index (χ2v) is 4.85. The van der Waals surface area contributed by atoms with E-state index in [0.29, 0.717) is 11.4 Å². The molecular formula is C16H13ClFN. The van der Waals surface area contributed by atoms with E-state index in [4.69, 9.17) is 11.6 Å². The smallest absolute Gasteiger partial charge is 0.129 e. The minimum Gasteiger partial charge on any atom is -0.207 e. The van der Waals surface area contributed by atoms with Crippen LogP contribution in [0.15, 0.2) is 42.5 Å². The maximum Gasteiger partial charge on any atom is 0.129 e. The van der Waals surface area contributed by atoms with E-state index in [1.54, 1.807) is 12.1 Å². The third-order valence-corrected chi connectivity index (χ3v) is 3.52. The molecule has 0 aromatic heterocycles. The lowest BCUT2D eigenvalue weighted by molar-refractivity contribution is 0.600. The molecule has 2 aromatic rings. The molecule has 0 heterocycles. The third kappa shape index (κ3) is 2.94. The molecular weight excluding hydrogens is 261 g/mol. The molecule has 2 aromatic carbocycles. The Morgan fingerprint density at radius 2 is 1.95 bits per heavy atom. The Bertz CT molecular complexity index is 611. The van der Waals surface area contributed by atoms with Crippen molar-refractivity contribution in [2.24, 2.45) is 0 Å². The van der Waals surface area contributed by atoms with Crippen LogP contribution >= 0.6 is 11.6 Å². The standard InChI is InChI=1S/C16H13ClFN/c1-11-5-2-3-6-12(11)9-13(10-19)16-14(17)7-4-8-15(16)18/h2-8,13H,9H2,1H3. The lowest BCUT2D eigenvalue weighted by Gasteiger charge is -2.13. The van der Waals surface area contributed by atoms with Gasteiger partial charge in [-0.25, -0.2) is 4.39 Å². The molecule has 1 unspecified atom stereocenters. The van der Waals surface area contributed by atoms with Gasteiger partial charge in [-0.3, -0.25) is 0 Å². The molecule has 0 fully saturated rings. The lowest BCUT2D eigenvalue weighted by atomic mass is 9.91.